The SMILES string of the molecule is C#C.Cc1cc(OCc2ncccn2)cc(=O)n1Cc1ncc(C#CC2CC2)o1. The zero-order valence-corrected chi connectivity index (χ0v) is 16.0. The maximum Gasteiger partial charge on any atom is 0.254 e. The summed E-state index contributed by atoms with van der Waals surface area (Å²) in [5.41, 5.74) is 0.554. The topological polar surface area (TPSA) is 83.0 Å². The second-order valence-corrected chi connectivity index (χ2v) is 6.37. The second-order valence-electron chi connectivity index (χ2n) is 6.37. The minimum Gasteiger partial charge on any atom is -0.485 e. The highest BCUT2D eigenvalue weighted by atomic mass is 16.5. The van der Waals surface area contributed by atoms with Crippen LogP contribution < -0.4 is 10.3 Å². The fourth-order valence-corrected chi connectivity index (χ4v) is 2.51. The molecule has 29 heavy (non-hydrogen) atoms. The van der Waals surface area contributed by atoms with Crippen molar-refractivity contribution in [3.8, 4) is 30.4 Å². The summed E-state index contributed by atoms with van der Waals surface area (Å²) in [6.07, 6.45) is 15.2. The van der Waals surface area contributed by atoms with Crippen LogP contribution in [0.4, 0.5) is 0 Å². The normalized spacial score (nSPS) is 12.2. The monoisotopic (exact) mass is 388 g/mol. The van der Waals surface area contributed by atoms with Crippen LogP contribution in [0.1, 0.15) is 36.0 Å². The van der Waals surface area contributed by atoms with E-state index in [1.165, 1.54) is 6.07 Å². The number of aromatic nitrogens is 4. The van der Waals surface area contributed by atoms with Crippen molar-refractivity contribution >= 4 is 0 Å². The Bertz CT molecular complexity index is 1100. The van der Waals surface area contributed by atoms with Gasteiger partial charge in [-0.1, -0.05) is 5.92 Å². The van der Waals surface area contributed by atoms with Crippen LogP contribution in [0.25, 0.3) is 0 Å². The fraction of sp³-hybridized carbons (Fsp3) is 0.273. The molecule has 3 heterocycles. The summed E-state index contributed by atoms with van der Waals surface area (Å²) in [4.78, 5) is 24.9. The summed E-state index contributed by atoms with van der Waals surface area (Å²) in [6.45, 7) is 2.29. The van der Waals surface area contributed by atoms with Crippen LogP contribution >= 0.6 is 0 Å². The Labute approximate surface area is 168 Å². The van der Waals surface area contributed by atoms with E-state index in [-0.39, 0.29) is 18.7 Å². The third-order valence-electron chi connectivity index (χ3n) is 4.12. The van der Waals surface area contributed by atoms with E-state index in [0.717, 1.165) is 18.5 Å². The van der Waals surface area contributed by atoms with Gasteiger partial charge < -0.3 is 13.7 Å². The molecular formula is C22H20N4O3. The zero-order valence-electron chi connectivity index (χ0n) is 16.0. The predicted octanol–water partition coefficient (Wildman–Crippen LogP) is 2.57. The van der Waals surface area contributed by atoms with E-state index >= 15 is 0 Å². The second kappa shape index (κ2) is 9.38. The quantitative estimate of drug-likeness (QED) is 0.625. The van der Waals surface area contributed by atoms with Gasteiger partial charge in [0.15, 0.2) is 11.6 Å². The van der Waals surface area contributed by atoms with Crippen LogP contribution in [0.2, 0.25) is 0 Å². The molecule has 0 atom stereocenters. The van der Waals surface area contributed by atoms with E-state index in [9.17, 15) is 4.79 Å². The number of pyridine rings is 1. The lowest BCUT2D eigenvalue weighted by Gasteiger charge is -2.10. The molecular weight excluding hydrogens is 368 g/mol. The maximum atomic E-state index is 12.5. The molecule has 3 aromatic heterocycles. The van der Waals surface area contributed by atoms with Gasteiger partial charge in [-0.15, -0.1) is 12.8 Å². The van der Waals surface area contributed by atoms with E-state index in [0.29, 0.717) is 29.1 Å². The first-order chi connectivity index (χ1) is 14.2. The first-order valence-electron chi connectivity index (χ1n) is 9.07. The largest absolute Gasteiger partial charge is 0.485 e. The van der Waals surface area contributed by atoms with E-state index in [1.807, 2.05) is 6.92 Å². The molecule has 0 aromatic carbocycles. The van der Waals surface area contributed by atoms with Crippen molar-refractivity contribution in [2.24, 2.45) is 5.92 Å². The van der Waals surface area contributed by atoms with Gasteiger partial charge in [0, 0.05) is 30.1 Å². The molecule has 0 aliphatic heterocycles. The molecule has 0 radical (unpaired) electrons. The number of ether oxygens (including phenoxy) is 1. The van der Waals surface area contributed by atoms with E-state index < -0.39 is 0 Å². The first-order valence-corrected chi connectivity index (χ1v) is 9.07. The summed E-state index contributed by atoms with van der Waals surface area (Å²) in [5, 5.41) is 0. The molecule has 7 heteroatoms. The smallest absolute Gasteiger partial charge is 0.254 e. The Morgan fingerprint density at radius 2 is 2.00 bits per heavy atom. The highest BCUT2D eigenvalue weighted by molar-refractivity contribution is 5.26. The van der Waals surface area contributed by atoms with Crippen molar-refractivity contribution < 1.29 is 9.15 Å². The summed E-state index contributed by atoms with van der Waals surface area (Å²) in [6, 6.07) is 4.97. The van der Waals surface area contributed by atoms with Gasteiger partial charge in [0.05, 0.1) is 6.20 Å². The summed E-state index contributed by atoms with van der Waals surface area (Å²) >= 11 is 0. The predicted molar refractivity (Wildman–Crippen MR) is 107 cm³/mol. The first kappa shape index (κ1) is 19.9. The molecule has 3 aromatic rings. The van der Waals surface area contributed by atoms with Crippen molar-refractivity contribution in [1.82, 2.24) is 19.5 Å². The van der Waals surface area contributed by atoms with Gasteiger partial charge in [0.25, 0.3) is 5.56 Å². The molecule has 0 spiro atoms. The number of hydrogen-bond acceptors (Lipinski definition) is 6. The number of aryl methyl sites for hydroxylation is 1. The van der Waals surface area contributed by atoms with E-state index in [2.05, 4.69) is 39.6 Å². The molecule has 1 aliphatic carbocycles. The van der Waals surface area contributed by atoms with Gasteiger partial charge in [-0.25, -0.2) is 15.0 Å². The highest BCUT2D eigenvalue weighted by Crippen LogP contribution is 2.27. The molecule has 4 rings (SSSR count). The van der Waals surface area contributed by atoms with Gasteiger partial charge in [0.2, 0.25) is 5.89 Å². The van der Waals surface area contributed by atoms with Crippen LogP contribution in [-0.2, 0) is 13.2 Å². The summed E-state index contributed by atoms with van der Waals surface area (Å²) < 4.78 is 12.8. The molecule has 0 saturated heterocycles. The van der Waals surface area contributed by atoms with E-state index in [4.69, 9.17) is 9.15 Å². The summed E-state index contributed by atoms with van der Waals surface area (Å²) in [5.74, 6) is 8.63. The van der Waals surface area contributed by atoms with Gasteiger partial charge in [0.1, 0.15) is 18.9 Å². The van der Waals surface area contributed by atoms with Gasteiger partial charge in [-0.2, -0.15) is 0 Å². The number of nitrogens with zero attached hydrogens (tertiary/aromatic N) is 4. The van der Waals surface area contributed by atoms with Crippen molar-refractivity contribution in [3.63, 3.8) is 0 Å². The van der Waals surface area contributed by atoms with Crippen molar-refractivity contribution in [2.45, 2.75) is 32.9 Å². The zero-order chi connectivity index (χ0) is 20.6. The van der Waals surface area contributed by atoms with Crippen LogP contribution in [-0.4, -0.2) is 19.5 Å². The molecule has 0 unspecified atom stereocenters. The minimum absolute atomic E-state index is 0.192. The summed E-state index contributed by atoms with van der Waals surface area (Å²) in [7, 11) is 0. The number of oxazole rings is 1. The third-order valence-corrected chi connectivity index (χ3v) is 4.12. The Morgan fingerprint density at radius 3 is 2.69 bits per heavy atom. The third kappa shape index (κ3) is 5.57. The average Bonchev–Trinajstić information content (AvgIpc) is 3.47. The standard InChI is InChI=1S/C20H18N4O3.C2H2/c1-14-9-17(26-13-18-21-7-2-8-22-18)10-20(25)24(14)12-19-23-11-16(27-19)6-5-15-3-4-15;1-2/h2,7-11,15H,3-4,12-13H2,1H3;1-2H. The molecule has 146 valence electrons. The van der Waals surface area contributed by atoms with Crippen LogP contribution in [0.15, 0.2) is 46.0 Å². The molecule has 0 bridgehead atoms. The molecule has 0 amide bonds. The Morgan fingerprint density at radius 1 is 1.24 bits per heavy atom. The minimum atomic E-state index is -0.192. The molecule has 1 fully saturated rings. The fourth-order valence-electron chi connectivity index (χ4n) is 2.51. The van der Waals surface area contributed by atoms with Gasteiger partial charge in [-0.3, -0.25) is 4.79 Å². The number of rotatable bonds is 5. The molecule has 0 N–H and O–H groups in total. The number of terminal acetylenes is 1. The Kier molecular flexibility index (Phi) is 6.44. The average molecular weight is 388 g/mol. The van der Waals surface area contributed by atoms with Crippen molar-refractivity contribution in [3.05, 3.63) is 70.3 Å². The van der Waals surface area contributed by atoms with Crippen molar-refractivity contribution in [2.75, 3.05) is 0 Å². The molecule has 7 nitrogen and oxygen atoms in total. The lowest BCUT2D eigenvalue weighted by molar-refractivity contribution is 0.294. The molecule has 1 saturated carbocycles. The lowest BCUT2D eigenvalue weighted by atomic mass is 10.3. The van der Waals surface area contributed by atoms with Crippen LogP contribution in [0, 0.1) is 37.5 Å². The van der Waals surface area contributed by atoms with Gasteiger partial charge >= 0.3 is 0 Å². The molecule has 1 aliphatic rings. The van der Waals surface area contributed by atoms with Crippen molar-refractivity contribution in [1.29, 1.82) is 0 Å². The van der Waals surface area contributed by atoms with Crippen LogP contribution in [0.5, 0.6) is 5.75 Å². The Hall–Kier alpha value is -3.84. The highest BCUT2D eigenvalue weighted by Gasteiger charge is 2.18. The maximum absolute atomic E-state index is 12.5. The van der Waals surface area contributed by atoms with Crippen LogP contribution in [0.3, 0.4) is 0 Å². The Balaban J connectivity index is 0.00000117. The number of hydrogen-bond donors (Lipinski definition) is 0. The van der Waals surface area contributed by atoms with E-state index in [1.54, 1.807) is 35.3 Å². The van der Waals surface area contributed by atoms with Gasteiger partial charge in [-0.05, 0) is 37.8 Å². The lowest BCUT2D eigenvalue weighted by Crippen LogP contribution is -2.22.